The Kier molecular flexibility index (Phi) is 6.68. The van der Waals surface area contributed by atoms with Crippen molar-refractivity contribution in [1.29, 1.82) is 0 Å². The molecule has 2 amide bonds. The molecule has 0 unspecified atom stereocenters. The minimum absolute atomic E-state index is 0.206. The molecule has 174 valence electrons. The molecular weight excluding hydrogens is 428 g/mol. The molecule has 1 aliphatic rings. The van der Waals surface area contributed by atoms with Crippen molar-refractivity contribution in [3.05, 3.63) is 89.1 Å². The maximum absolute atomic E-state index is 13.7. The fourth-order valence-corrected chi connectivity index (χ4v) is 3.91. The molecule has 6 nitrogen and oxygen atoms in total. The minimum Gasteiger partial charge on any atom is -0.495 e. The van der Waals surface area contributed by atoms with E-state index in [1.54, 1.807) is 25.3 Å². The number of anilines is 2. The fourth-order valence-electron chi connectivity index (χ4n) is 3.91. The number of carbonyl (C=O) groups is 2. The molecule has 0 spiro atoms. The van der Waals surface area contributed by atoms with Crippen LogP contribution in [0.15, 0.2) is 72.4 Å². The summed E-state index contributed by atoms with van der Waals surface area (Å²) in [5, 5.41) is 3.20. The third-order valence-electron chi connectivity index (χ3n) is 5.57. The Balaban J connectivity index is 1.80. The summed E-state index contributed by atoms with van der Waals surface area (Å²) < 4.78 is 11.2. The third-order valence-corrected chi connectivity index (χ3v) is 5.57. The highest BCUT2D eigenvalue weighted by Gasteiger charge is 2.40. The normalized spacial score (nSPS) is 13.5. The molecule has 0 aliphatic carbocycles. The number of rotatable bonds is 8. The van der Waals surface area contributed by atoms with Gasteiger partial charge in [0.05, 0.1) is 30.7 Å². The van der Waals surface area contributed by atoms with E-state index in [1.165, 1.54) is 4.90 Å². The summed E-state index contributed by atoms with van der Waals surface area (Å²) in [6.45, 7) is 6.53. The molecule has 1 N–H and O–H groups in total. The molecule has 3 aromatic rings. The molecular formula is C28H28N2O4. The minimum atomic E-state index is -0.416. The number of imide groups is 1. The number of amides is 2. The second kappa shape index (κ2) is 9.83. The van der Waals surface area contributed by atoms with Gasteiger partial charge in [-0.05, 0) is 73.4 Å². The molecule has 34 heavy (non-hydrogen) atoms. The van der Waals surface area contributed by atoms with Gasteiger partial charge in [-0.15, -0.1) is 0 Å². The first-order valence-electron chi connectivity index (χ1n) is 11.3. The number of carbonyl (C=O) groups excluding carboxylic acids is 2. The molecule has 1 aliphatic heterocycles. The topological polar surface area (TPSA) is 67.9 Å². The SMILES string of the molecule is CCCOc1ccc(C2=C(Nc3cc(C)ccc3OC)C(=O)N(c3cccc(C)c3)C2=O)cc1. The molecule has 4 rings (SSSR count). The molecule has 1 heterocycles. The first-order chi connectivity index (χ1) is 16.4. The molecule has 6 heteroatoms. The Hall–Kier alpha value is -4.06. The van der Waals surface area contributed by atoms with E-state index in [1.807, 2.05) is 69.3 Å². The Morgan fingerprint density at radius 1 is 0.882 bits per heavy atom. The maximum atomic E-state index is 13.7. The van der Waals surface area contributed by atoms with Gasteiger partial charge in [0.2, 0.25) is 0 Å². The van der Waals surface area contributed by atoms with Crippen LogP contribution < -0.4 is 19.7 Å². The Morgan fingerprint density at radius 3 is 2.29 bits per heavy atom. The van der Waals surface area contributed by atoms with Crippen molar-refractivity contribution in [1.82, 2.24) is 0 Å². The zero-order valence-corrected chi connectivity index (χ0v) is 19.8. The van der Waals surface area contributed by atoms with Gasteiger partial charge in [0.25, 0.3) is 11.8 Å². The van der Waals surface area contributed by atoms with Crippen LogP contribution in [0, 0.1) is 13.8 Å². The van der Waals surface area contributed by atoms with Crippen molar-refractivity contribution >= 4 is 28.8 Å². The number of benzene rings is 3. The second-order valence-corrected chi connectivity index (χ2v) is 8.24. The quantitative estimate of drug-likeness (QED) is 0.454. The number of aryl methyl sites for hydroxylation is 2. The lowest BCUT2D eigenvalue weighted by molar-refractivity contribution is -0.120. The summed E-state index contributed by atoms with van der Waals surface area (Å²) in [5.41, 5.74) is 4.24. The van der Waals surface area contributed by atoms with Gasteiger partial charge < -0.3 is 14.8 Å². The summed E-state index contributed by atoms with van der Waals surface area (Å²) in [6.07, 6.45) is 0.901. The van der Waals surface area contributed by atoms with Gasteiger partial charge in [-0.1, -0.05) is 37.3 Å². The third kappa shape index (κ3) is 4.53. The van der Waals surface area contributed by atoms with E-state index in [2.05, 4.69) is 5.32 Å². The number of methoxy groups -OCH3 is 1. The molecule has 0 saturated heterocycles. The highest BCUT2D eigenvalue weighted by Crippen LogP contribution is 2.36. The average Bonchev–Trinajstić information content (AvgIpc) is 3.07. The lowest BCUT2D eigenvalue weighted by Gasteiger charge is -2.16. The van der Waals surface area contributed by atoms with Gasteiger partial charge in [0.15, 0.2) is 0 Å². The van der Waals surface area contributed by atoms with Crippen molar-refractivity contribution in [2.24, 2.45) is 0 Å². The summed E-state index contributed by atoms with van der Waals surface area (Å²) in [6, 6.07) is 20.2. The lowest BCUT2D eigenvalue weighted by Crippen LogP contribution is -2.32. The molecule has 3 aromatic carbocycles. The average molecular weight is 457 g/mol. The van der Waals surface area contributed by atoms with Crippen LogP contribution in [0.2, 0.25) is 0 Å². The van der Waals surface area contributed by atoms with E-state index < -0.39 is 5.91 Å². The van der Waals surface area contributed by atoms with Gasteiger partial charge >= 0.3 is 0 Å². The Labute approximate surface area is 199 Å². The van der Waals surface area contributed by atoms with E-state index in [9.17, 15) is 9.59 Å². The van der Waals surface area contributed by atoms with Gasteiger partial charge in [-0.2, -0.15) is 0 Å². The van der Waals surface area contributed by atoms with Crippen molar-refractivity contribution in [3.63, 3.8) is 0 Å². The number of hydrogen-bond donors (Lipinski definition) is 1. The van der Waals surface area contributed by atoms with Crippen LogP contribution in [0.3, 0.4) is 0 Å². The Bertz CT molecular complexity index is 1260. The molecule has 0 aromatic heterocycles. The van der Waals surface area contributed by atoms with Crippen molar-refractivity contribution in [2.45, 2.75) is 27.2 Å². The van der Waals surface area contributed by atoms with E-state index in [4.69, 9.17) is 9.47 Å². The van der Waals surface area contributed by atoms with Crippen LogP contribution in [0.4, 0.5) is 11.4 Å². The number of hydrogen-bond acceptors (Lipinski definition) is 5. The monoisotopic (exact) mass is 456 g/mol. The largest absolute Gasteiger partial charge is 0.495 e. The summed E-state index contributed by atoms with van der Waals surface area (Å²) >= 11 is 0. The smallest absolute Gasteiger partial charge is 0.282 e. The zero-order chi connectivity index (χ0) is 24.2. The summed E-state index contributed by atoms with van der Waals surface area (Å²) in [7, 11) is 1.57. The Morgan fingerprint density at radius 2 is 1.62 bits per heavy atom. The van der Waals surface area contributed by atoms with Crippen molar-refractivity contribution < 1.29 is 19.1 Å². The van der Waals surface area contributed by atoms with Crippen molar-refractivity contribution in [3.8, 4) is 11.5 Å². The van der Waals surface area contributed by atoms with Crippen LogP contribution in [0.5, 0.6) is 11.5 Å². The number of nitrogens with one attached hydrogen (secondary N) is 1. The lowest BCUT2D eigenvalue weighted by atomic mass is 10.0. The standard InChI is InChI=1S/C28H28N2O4/c1-5-15-34-22-12-10-20(11-13-22)25-26(29-23-17-19(3)9-14-24(23)33-4)28(32)30(27(25)31)21-8-6-7-18(2)16-21/h6-14,16-17,29H,5,15H2,1-4H3. The van der Waals surface area contributed by atoms with E-state index in [0.717, 1.165) is 17.5 Å². The molecule has 0 atom stereocenters. The van der Waals surface area contributed by atoms with E-state index in [-0.39, 0.29) is 11.6 Å². The number of ether oxygens (including phenoxy) is 2. The van der Waals surface area contributed by atoms with E-state index >= 15 is 0 Å². The predicted molar refractivity (Wildman–Crippen MR) is 134 cm³/mol. The van der Waals surface area contributed by atoms with E-state index in [0.29, 0.717) is 40.6 Å². The van der Waals surface area contributed by atoms with Crippen LogP contribution in [-0.2, 0) is 9.59 Å². The van der Waals surface area contributed by atoms with Crippen LogP contribution in [0.25, 0.3) is 5.57 Å². The first-order valence-corrected chi connectivity index (χ1v) is 11.3. The van der Waals surface area contributed by atoms with Crippen LogP contribution in [0.1, 0.15) is 30.0 Å². The molecule has 0 fully saturated rings. The number of nitrogens with zero attached hydrogens (tertiary/aromatic N) is 1. The maximum Gasteiger partial charge on any atom is 0.282 e. The first kappa shape index (κ1) is 23.1. The fraction of sp³-hybridized carbons (Fsp3) is 0.214. The summed E-state index contributed by atoms with van der Waals surface area (Å²) in [4.78, 5) is 28.5. The van der Waals surface area contributed by atoms with Gasteiger partial charge in [-0.3, -0.25) is 9.59 Å². The second-order valence-electron chi connectivity index (χ2n) is 8.24. The predicted octanol–water partition coefficient (Wildman–Crippen LogP) is 5.50. The zero-order valence-electron chi connectivity index (χ0n) is 19.8. The van der Waals surface area contributed by atoms with Crippen LogP contribution >= 0.6 is 0 Å². The van der Waals surface area contributed by atoms with Crippen molar-refractivity contribution in [2.75, 3.05) is 23.9 Å². The highest BCUT2D eigenvalue weighted by molar-refractivity contribution is 6.46. The van der Waals surface area contributed by atoms with Gasteiger partial charge in [0, 0.05) is 0 Å². The highest BCUT2D eigenvalue weighted by atomic mass is 16.5. The van der Waals surface area contributed by atoms with Gasteiger partial charge in [-0.25, -0.2) is 4.90 Å². The molecule has 0 bridgehead atoms. The molecule has 0 radical (unpaired) electrons. The van der Waals surface area contributed by atoms with Crippen LogP contribution in [-0.4, -0.2) is 25.5 Å². The summed E-state index contributed by atoms with van der Waals surface area (Å²) in [5.74, 6) is 0.496. The van der Waals surface area contributed by atoms with Gasteiger partial charge in [0.1, 0.15) is 17.2 Å². The molecule has 0 saturated carbocycles.